The highest BCUT2D eigenvalue weighted by molar-refractivity contribution is 7.01. The Labute approximate surface area is 323 Å². The van der Waals surface area contributed by atoms with Crippen molar-refractivity contribution in [3.8, 4) is 33.4 Å². The fourth-order valence-corrected chi connectivity index (χ4v) is 9.51. The van der Waals surface area contributed by atoms with Crippen molar-refractivity contribution in [2.45, 2.75) is 39.0 Å². The maximum Gasteiger partial charge on any atom is 0.248 e. The van der Waals surface area contributed by atoms with Gasteiger partial charge >= 0.3 is 0 Å². The van der Waals surface area contributed by atoms with Gasteiger partial charge in [-0.05, 0) is 111 Å². The molecule has 2 aliphatic heterocycles. The number of rotatable bonds is 4. The number of para-hydroxylation sites is 1. The first kappa shape index (κ1) is 32.1. The summed E-state index contributed by atoms with van der Waals surface area (Å²) < 4.78 is 2.49. The summed E-state index contributed by atoms with van der Waals surface area (Å²) in [6.45, 7) is 6.94. The van der Waals surface area contributed by atoms with E-state index in [0.717, 1.165) is 12.8 Å². The molecule has 11 rings (SSSR count). The van der Waals surface area contributed by atoms with Gasteiger partial charge in [-0.25, -0.2) is 0 Å². The van der Waals surface area contributed by atoms with Crippen molar-refractivity contribution >= 4 is 67.7 Å². The maximum atomic E-state index is 2.53. The zero-order valence-corrected chi connectivity index (χ0v) is 31.6. The Morgan fingerprint density at radius 1 is 0.527 bits per heavy atom. The van der Waals surface area contributed by atoms with Crippen molar-refractivity contribution in [2.75, 3.05) is 4.90 Å². The highest BCUT2D eigenvalue weighted by atomic mass is 15.2. The van der Waals surface area contributed by atoms with E-state index in [2.05, 4.69) is 200 Å². The van der Waals surface area contributed by atoms with Gasteiger partial charge in [0.2, 0.25) is 6.71 Å². The molecule has 0 saturated carbocycles. The van der Waals surface area contributed by atoms with Gasteiger partial charge in [-0.15, -0.1) is 0 Å². The van der Waals surface area contributed by atoms with E-state index in [-0.39, 0.29) is 12.1 Å². The number of anilines is 3. The van der Waals surface area contributed by atoms with E-state index in [1.165, 1.54) is 99.9 Å². The van der Waals surface area contributed by atoms with Crippen LogP contribution in [-0.2, 0) is 5.41 Å². The zero-order valence-electron chi connectivity index (χ0n) is 31.6. The Bertz CT molecular complexity index is 2900. The predicted octanol–water partition coefficient (Wildman–Crippen LogP) is 11.9. The zero-order chi connectivity index (χ0) is 36.8. The van der Waals surface area contributed by atoms with Crippen LogP contribution < -0.4 is 21.3 Å². The molecular formula is C52H41BN2. The van der Waals surface area contributed by atoms with Crippen LogP contribution in [0.1, 0.15) is 39.2 Å². The smallest absolute Gasteiger partial charge is 0.248 e. The fraction of sp³-hybridized carbons (Fsp3) is 0.115. The molecule has 55 heavy (non-hydrogen) atoms. The van der Waals surface area contributed by atoms with Gasteiger partial charge in [-0.3, -0.25) is 0 Å². The number of aromatic nitrogens is 1. The van der Waals surface area contributed by atoms with Crippen molar-refractivity contribution in [3.05, 3.63) is 175 Å². The van der Waals surface area contributed by atoms with E-state index in [1.807, 2.05) is 0 Å². The molecule has 0 N–H and O–H groups in total. The highest BCUT2D eigenvalue weighted by Gasteiger charge is 2.43. The van der Waals surface area contributed by atoms with Crippen LogP contribution in [0.3, 0.4) is 0 Å². The monoisotopic (exact) mass is 704 g/mol. The molecule has 0 spiro atoms. The summed E-state index contributed by atoms with van der Waals surface area (Å²) >= 11 is 0. The lowest BCUT2D eigenvalue weighted by molar-refractivity contribution is 0.590. The second-order valence-electron chi connectivity index (χ2n) is 16.4. The summed E-state index contributed by atoms with van der Waals surface area (Å²) in [6, 6.07) is 57.1. The molecule has 1 aliphatic carbocycles. The number of allylic oxidation sites excluding steroid dienone is 4. The molecule has 7 aromatic carbocycles. The highest BCUT2D eigenvalue weighted by Crippen LogP contribution is 2.44. The Hall–Kier alpha value is -6.32. The quantitative estimate of drug-likeness (QED) is 0.166. The van der Waals surface area contributed by atoms with Crippen LogP contribution in [0.2, 0.25) is 0 Å². The standard InChI is InChI=1S/C52H41BN2/c1-52(2,3)38-27-24-35(25-28-38)36-16-12-19-40(30-36)55-48-29-26-37(34-14-6-4-7-15-34)31-46(48)53-45-32-44-41-20-10-11-22-47(41)54(39-17-8-5-9-18-39)50(44)33-43(45)42-21-13-23-49(55)51(42)53/h4,6-8,10-33H,5,9H2,1-3H3. The second kappa shape index (κ2) is 12.1. The lowest BCUT2D eigenvalue weighted by atomic mass is 9.37. The van der Waals surface area contributed by atoms with Crippen molar-refractivity contribution in [2.24, 2.45) is 0 Å². The van der Waals surface area contributed by atoms with Crippen LogP contribution >= 0.6 is 0 Å². The predicted molar refractivity (Wildman–Crippen MR) is 236 cm³/mol. The molecule has 0 radical (unpaired) electrons. The minimum atomic E-state index is 0.115. The average molecular weight is 705 g/mol. The minimum Gasteiger partial charge on any atom is -0.311 e. The maximum absolute atomic E-state index is 2.53. The molecule has 0 atom stereocenters. The van der Waals surface area contributed by atoms with Gasteiger partial charge < -0.3 is 9.47 Å². The van der Waals surface area contributed by atoms with Gasteiger partial charge in [0.1, 0.15) is 0 Å². The number of benzene rings is 7. The van der Waals surface area contributed by atoms with E-state index in [1.54, 1.807) is 0 Å². The summed E-state index contributed by atoms with van der Waals surface area (Å²) in [5, 5.41) is 2.62. The molecule has 3 heteroatoms. The summed E-state index contributed by atoms with van der Waals surface area (Å²) in [7, 11) is 0. The Kier molecular flexibility index (Phi) is 7.07. The van der Waals surface area contributed by atoms with Gasteiger partial charge in [0.15, 0.2) is 0 Å². The van der Waals surface area contributed by atoms with Crippen molar-refractivity contribution < 1.29 is 0 Å². The Morgan fingerprint density at radius 3 is 2.09 bits per heavy atom. The topological polar surface area (TPSA) is 8.17 Å². The molecule has 1 aromatic heterocycles. The van der Waals surface area contributed by atoms with Crippen molar-refractivity contribution in [3.63, 3.8) is 0 Å². The molecule has 2 nitrogen and oxygen atoms in total. The first-order valence-corrected chi connectivity index (χ1v) is 19.7. The largest absolute Gasteiger partial charge is 0.311 e. The third-order valence-electron chi connectivity index (χ3n) is 12.2. The van der Waals surface area contributed by atoms with Crippen LogP contribution in [0, 0.1) is 0 Å². The first-order chi connectivity index (χ1) is 26.9. The molecule has 3 aliphatic rings. The summed E-state index contributed by atoms with van der Waals surface area (Å²) in [6.07, 6.45) is 9.18. The van der Waals surface area contributed by atoms with Crippen molar-refractivity contribution in [1.82, 2.24) is 4.57 Å². The van der Waals surface area contributed by atoms with E-state index in [9.17, 15) is 0 Å². The average Bonchev–Trinajstić information content (AvgIpc) is 3.73. The van der Waals surface area contributed by atoms with Gasteiger partial charge in [-0.2, -0.15) is 0 Å². The normalized spacial score (nSPS) is 14.3. The Balaban J connectivity index is 1.15. The number of nitrogens with zero attached hydrogens (tertiary/aromatic N) is 2. The van der Waals surface area contributed by atoms with Gasteiger partial charge in [0.05, 0.1) is 11.0 Å². The summed E-state index contributed by atoms with van der Waals surface area (Å²) in [4.78, 5) is 2.52. The van der Waals surface area contributed by atoms with Gasteiger partial charge in [-0.1, -0.05) is 154 Å². The van der Waals surface area contributed by atoms with Crippen LogP contribution in [0.4, 0.5) is 17.1 Å². The summed E-state index contributed by atoms with van der Waals surface area (Å²) in [5.41, 5.74) is 20.7. The van der Waals surface area contributed by atoms with Gasteiger partial charge in [0.25, 0.3) is 0 Å². The molecule has 0 fully saturated rings. The third-order valence-corrected chi connectivity index (χ3v) is 12.2. The summed E-state index contributed by atoms with van der Waals surface area (Å²) in [5.74, 6) is 0. The third kappa shape index (κ3) is 4.96. The van der Waals surface area contributed by atoms with Crippen LogP contribution in [0.25, 0.3) is 60.9 Å². The van der Waals surface area contributed by atoms with E-state index >= 15 is 0 Å². The molecule has 0 bridgehead atoms. The van der Waals surface area contributed by atoms with Crippen LogP contribution in [0.5, 0.6) is 0 Å². The Morgan fingerprint density at radius 2 is 1.27 bits per heavy atom. The lowest BCUT2D eigenvalue weighted by Gasteiger charge is -2.36. The molecule has 3 heterocycles. The first-order valence-electron chi connectivity index (χ1n) is 19.7. The molecule has 262 valence electrons. The van der Waals surface area contributed by atoms with E-state index in [0.29, 0.717) is 0 Å². The minimum absolute atomic E-state index is 0.115. The van der Waals surface area contributed by atoms with Crippen LogP contribution in [-0.4, -0.2) is 11.3 Å². The van der Waals surface area contributed by atoms with Gasteiger partial charge in [0, 0.05) is 33.5 Å². The molecular weight excluding hydrogens is 663 g/mol. The van der Waals surface area contributed by atoms with E-state index < -0.39 is 0 Å². The lowest BCUT2D eigenvalue weighted by Crippen LogP contribution is -2.54. The molecule has 0 unspecified atom stereocenters. The fourth-order valence-electron chi connectivity index (χ4n) is 9.51. The molecule has 8 aromatic rings. The van der Waals surface area contributed by atoms with Crippen molar-refractivity contribution in [1.29, 1.82) is 0 Å². The number of hydrogen-bond donors (Lipinski definition) is 0. The molecule has 0 saturated heterocycles. The molecule has 0 amide bonds. The van der Waals surface area contributed by atoms with E-state index in [4.69, 9.17) is 0 Å². The number of hydrogen-bond acceptors (Lipinski definition) is 1. The number of fused-ring (bicyclic) bond motifs is 8. The van der Waals surface area contributed by atoms with Crippen LogP contribution in [0.15, 0.2) is 170 Å². The second-order valence-corrected chi connectivity index (χ2v) is 16.4. The SMILES string of the molecule is CC(C)(C)c1ccc(-c2cccc(N3c4ccc(-c5ccccc5)cc4B4c5cc6c7ccccc7n(C7=CCCC=C7)c6cc5-c5cccc3c54)c2)cc1.